The zero-order chi connectivity index (χ0) is 25.8. The molecule has 0 bridgehead atoms. The summed E-state index contributed by atoms with van der Waals surface area (Å²) in [5, 5.41) is 19.5. The third-order valence-corrected chi connectivity index (χ3v) is 7.54. The Balaban J connectivity index is 1.27. The molecule has 2 aliphatic heterocycles. The Labute approximate surface area is 216 Å². The molecule has 0 aliphatic carbocycles. The van der Waals surface area contributed by atoms with E-state index in [-0.39, 0.29) is 17.6 Å². The van der Waals surface area contributed by atoms with Gasteiger partial charge in [0.25, 0.3) is 0 Å². The lowest BCUT2D eigenvalue weighted by Crippen LogP contribution is -2.46. The van der Waals surface area contributed by atoms with Crippen LogP contribution in [-0.2, 0) is 17.6 Å². The molecular formula is C30H33FN2O4. The van der Waals surface area contributed by atoms with Crippen LogP contribution in [0.1, 0.15) is 42.0 Å². The number of carboxylic acids is 1. The first-order valence-corrected chi connectivity index (χ1v) is 13.0. The molecule has 7 heteroatoms. The molecule has 194 valence electrons. The van der Waals surface area contributed by atoms with Crippen molar-refractivity contribution >= 4 is 11.7 Å². The summed E-state index contributed by atoms with van der Waals surface area (Å²) < 4.78 is 19.5. The van der Waals surface area contributed by atoms with Crippen LogP contribution in [0.5, 0.6) is 11.5 Å². The van der Waals surface area contributed by atoms with E-state index in [0.29, 0.717) is 19.6 Å². The van der Waals surface area contributed by atoms with E-state index in [1.54, 1.807) is 6.07 Å². The van der Waals surface area contributed by atoms with E-state index in [9.17, 15) is 19.4 Å². The standard InChI is InChI=1S/C30H33FN2O4/c31-23-6-8-24(9-7-23)33-16-14-22-20-25(34)10-13-27(22)29(33)19-21-4-11-26(12-5-21)37-18-17-32-15-2-1-3-28(32)30(35)36/h4-13,20,28-29,34H,1-3,14-19H2,(H,35,36). The summed E-state index contributed by atoms with van der Waals surface area (Å²) in [7, 11) is 0. The van der Waals surface area contributed by atoms with Crippen LogP contribution in [0.4, 0.5) is 10.1 Å². The minimum Gasteiger partial charge on any atom is -0.508 e. The van der Waals surface area contributed by atoms with Crippen molar-refractivity contribution in [1.82, 2.24) is 4.90 Å². The lowest BCUT2D eigenvalue weighted by Gasteiger charge is -2.39. The van der Waals surface area contributed by atoms with Crippen LogP contribution in [0.3, 0.4) is 0 Å². The number of phenolic OH excluding ortho intramolecular Hbond substituents is 1. The molecular weight excluding hydrogens is 471 g/mol. The van der Waals surface area contributed by atoms with Crippen molar-refractivity contribution in [2.45, 2.75) is 44.2 Å². The number of carbonyl (C=O) groups is 1. The summed E-state index contributed by atoms with van der Waals surface area (Å²) in [5.74, 6) is 0.0284. The second kappa shape index (κ2) is 11.2. The van der Waals surface area contributed by atoms with Gasteiger partial charge in [0.05, 0.1) is 6.04 Å². The number of fused-ring (bicyclic) bond motifs is 1. The molecule has 0 radical (unpaired) electrons. The van der Waals surface area contributed by atoms with Gasteiger partial charge in [-0.25, -0.2) is 4.39 Å². The Kier molecular flexibility index (Phi) is 7.60. The van der Waals surface area contributed by atoms with Gasteiger partial charge in [-0.2, -0.15) is 0 Å². The predicted octanol–water partition coefficient (Wildman–Crippen LogP) is 5.20. The van der Waals surface area contributed by atoms with Crippen molar-refractivity contribution in [3.8, 4) is 11.5 Å². The largest absolute Gasteiger partial charge is 0.508 e. The number of hydrogen-bond acceptors (Lipinski definition) is 5. The Hall–Kier alpha value is -3.58. The average molecular weight is 505 g/mol. The third kappa shape index (κ3) is 5.88. The molecule has 5 rings (SSSR count). The molecule has 2 unspecified atom stereocenters. The molecule has 0 spiro atoms. The van der Waals surface area contributed by atoms with E-state index < -0.39 is 12.0 Å². The number of nitrogens with zero attached hydrogens (tertiary/aromatic N) is 2. The van der Waals surface area contributed by atoms with Crippen LogP contribution < -0.4 is 9.64 Å². The van der Waals surface area contributed by atoms with E-state index in [1.165, 1.54) is 17.7 Å². The van der Waals surface area contributed by atoms with Gasteiger partial charge in [-0.15, -0.1) is 0 Å². The highest BCUT2D eigenvalue weighted by molar-refractivity contribution is 5.73. The molecule has 1 fully saturated rings. The van der Waals surface area contributed by atoms with Crippen LogP contribution in [0.15, 0.2) is 66.7 Å². The van der Waals surface area contributed by atoms with E-state index in [1.807, 2.05) is 41.3 Å². The zero-order valence-electron chi connectivity index (χ0n) is 20.9. The zero-order valence-corrected chi connectivity index (χ0v) is 20.9. The first kappa shape index (κ1) is 25.1. The lowest BCUT2D eigenvalue weighted by atomic mass is 9.88. The molecule has 2 N–H and O–H groups in total. The highest BCUT2D eigenvalue weighted by Crippen LogP contribution is 2.37. The molecule has 1 saturated heterocycles. The quantitative estimate of drug-likeness (QED) is 0.440. The van der Waals surface area contributed by atoms with Gasteiger partial charge in [-0.1, -0.05) is 24.6 Å². The SMILES string of the molecule is O=C(O)C1CCCCN1CCOc1ccc(CC2c3ccc(O)cc3CCN2c2ccc(F)cc2)cc1. The number of halogens is 1. The number of hydrogen-bond donors (Lipinski definition) is 2. The number of phenols is 1. The van der Waals surface area contributed by atoms with Gasteiger partial charge in [0.15, 0.2) is 0 Å². The highest BCUT2D eigenvalue weighted by Gasteiger charge is 2.29. The number of aliphatic carboxylic acids is 1. The van der Waals surface area contributed by atoms with Gasteiger partial charge < -0.3 is 19.8 Å². The summed E-state index contributed by atoms with van der Waals surface area (Å²) in [5.41, 5.74) is 4.43. The maximum Gasteiger partial charge on any atom is 0.320 e. The predicted molar refractivity (Wildman–Crippen MR) is 141 cm³/mol. The van der Waals surface area contributed by atoms with Crippen LogP contribution in [0.2, 0.25) is 0 Å². The number of likely N-dealkylation sites (tertiary alicyclic amines) is 1. The Bertz CT molecular complexity index is 1220. The molecule has 0 saturated carbocycles. The van der Waals surface area contributed by atoms with Crippen molar-refractivity contribution in [2.24, 2.45) is 0 Å². The fourth-order valence-electron chi connectivity index (χ4n) is 5.62. The van der Waals surface area contributed by atoms with Gasteiger partial charge in [0.1, 0.15) is 30.0 Å². The van der Waals surface area contributed by atoms with Gasteiger partial charge in [-0.05, 0) is 97.4 Å². The monoisotopic (exact) mass is 504 g/mol. The van der Waals surface area contributed by atoms with Crippen molar-refractivity contribution in [3.05, 3.63) is 89.2 Å². The van der Waals surface area contributed by atoms with E-state index in [4.69, 9.17) is 4.74 Å². The van der Waals surface area contributed by atoms with E-state index in [0.717, 1.165) is 61.3 Å². The third-order valence-electron chi connectivity index (χ3n) is 7.54. The number of carboxylic acid groups (broad SMARTS) is 1. The first-order valence-electron chi connectivity index (χ1n) is 13.0. The second-order valence-corrected chi connectivity index (χ2v) is 9.90. The molecule has 6 nitrogen and oxygen atoms in total. The Morgan fingerprint density at radius 1 is 1.00 bits per heavy atom. The Morgan fingerprint density at radius 2 is 1.78 bits per heavy atom. The maximum atomic E-state index is 13.6. The van der Waals surface area contributed by atoms with Crippen LogP contribution in [0.25, 0.3) is 0 Å². The molecule has 3 aromatic carbocycles. The maximum absolute atomic E-state index is 13.6. The smallest absolute Gasteiger partial charge is 0.320 e. The van der Waals surface area contributed by atoms with Crippen LogP contribution >= 0.6 is 0 Å². The Morgan fingerprint density at radius 3 is 2.54 bits per heavy atom. The van der Waals surface area contributed by atoms with Crippen molar-refractivity contribution in [1.29, 1.82) is 0 Å². The summed E-state index contributed by atoms with van der Waals surface area (Å²) >= 11 is 0. The summed E-state index contributed by atoms with van der Waals surface area (Å²) in [6.45, 7) is 2.62. The average Bonchev–Trinajstić information content (AvgIpc) is 2.90. The number of piperidine rings is 1. The number of rotatable bonds is 8. The lowest BCUT2D eigenvalue weighted by molar-refractivity contribution is -0.144. The van der Waals surface area contributed by atoms with E-state index in [2.05, 4.69) is 17.0 Å². The number of benzene rings is 3. The summed E-state index contributed by atoms with van der Waals surface area (Å²) in [6, 6.07) is 19.9. The van der Waals surface area contributed by atoms with Crippen molar-refractivity contribution in [3.63, 3.8) is 0 Å². The fraction of sp³-hybridized carbons (Fsp3) is 0.367. The van der Waals surface area contributed by atoms with Gasteiger partial charge in [0.2, 0.25) is 0 Å². The summed E-state index contributed by atoms with van der Waals surface area (Å²) in [6.07, 6.45) is 4.24. The van der Waals surface area contributed by atoms with E-state index >= 15 is 0 Å². The second-order valence-electron chi connectivity index (χ2n) is 9.90. The first-order chi connectivity index (χ1) is 18.0. The molecule has 2 atom stereocenters. The van der Waals surface area contributed by atoms with Gasteiger partial charge >= 0.3 is 5.97 Å². The molecule has 2 aliphatic rings. The number of aromatic hydroxyl groups is 1. The molecule has 3 aromatic rings. The number of ether oxygens (including phenoxy) is 1. The molecule has 37 heavy (non-hydrogen) atoms. The fourth-order valence-corrected chi connectivity index (χ4v) is 5.62. The van der Waals surface area contributed by atoms with Crippen molar-refractivity contribution < 1.29 is 24.1 Å². The highest BCUT2D eigenvalue weighted by atomic mass is 19.1. The van der Waals surface area contributed by atoms with Gasteiger partial charge in [-0.3, -0.25) is 9.69 Å². The minimum absolute atomic E-state index is 0.0497. The van der Waals surface area contributed by atoms with Gasteiger partial charge in [0, 0.05) is 18.8 Å². The van der Waals surface area contributed by atoms with Crippen LogP contribution in [-0.4, -0.2) is 53.4 Å². The molecule has 0 amide bonds. The number of anilines is 1. The molecule has 2 heterocycles. The molecule has 0 aromatic heterocycles. The minimum atomic E-state index is -0.752. The normalized spacial score (nSPS) is 19.9. The van der Waals surface area contributed by atoms with Crippen LogP contribution in [0, 0.1) is 5.82 Å². The van der Waals surface area contributed by atoms with Crippen molar-refractivity contribution in [2.75, 3.05) is 31.1 Å². The summed E-state index contributed by atoms with van der Waals surface area (Å²) in [4.78, 5) is 15.8. The topological polar surface area (TPSA) is 73.2 Å².